The van der Waals surface area contributed by atoms with Crippen LogP contribution in [-0.2, 0) is 16.0 Å². The van der Waals surface area contributed by atoms with Gasteiger partial charge in [-0.2, -0.15) is 0 Å². The van der Waals surface area contributed by atoms with Crippen LogP contribution >= 0.6 is 0 Å². The van der Waals surface area contributed by atoms with Gasteiger partial charge >= 0.3 is 11.9 Å². The van der Waals surface area contributed by atoms with Crippen LogP contribution in [-0.4, -0.2) is 48.2 Å². The minimum Gasteiger partial charge on any atom is -0.505 e. The topological polar surface area (TPSA) is 148 Å². The Morgan fingerprint density at radius 1 is 0.714 bits per heavy atom. The fourth-order valence-electron chi connectivity index (χ4n) is 6.30. The Balaban J connectivity index is 0.000000216. The number of benzene rings is 4. The van der Waals surface area contributed by atoms with Gasteiger partial charge in [-0.25, -0.2) is 26.3 Å². The second kappa shape index (κ2) is 15.6. The molecule has 2 aromatic heterocycles. The van der Waals surface area contributed by atoms with E-state index in [1.165, 1.54) is 26.0 Å². The smallest absolute Gasteiger partial charge is 0.308 e. The van der Waals surface area contributed by atoms with Crippen LogP contribution in [0.25, 0.3) is 21.8 Å². The van der Waals surface area contributed by atoms with E-state index in [4.69, 9.17) is 9.84 Å². The first-order chi connectivity index (χ1) is 26.3. The lowest BCUT2D eigenvalue weighted by Gasteiger charge is -2.14. The summed E-state index contributed by atoms with van der Waals surface area (Å²) >= 11 is 0. The van der Waals surface area contributed by atoms with Gasteiger partial charge in [0.1, 0.15) is 0 Å². The standard InChI is InChI=1S/C22H20F3NO4.C18H12F3NO4/c1-5-10(2)14-9-17-18(19(25)20(14)28)21(30-12(4)27)11(3)26(17)22(29)13-6-7-15(23)16(24)8-13;1-8-10(7-15(24)25)16-13(4-5-14(23)17(16)21)22(8)18(26)9-2-3-11(19)12(20)6-9/h6-10,28H,5H2,1-4H3;2-6,23H,7H2,1H3,(H,24,25). The molecule has 6 rings (SSSR count). The number of hydrogen-bond donors (Lipinski definition) is 3. The second-order valence-electron chi connectivity index (χ2n) is 12.8. The number of halogens is 6. The highest BCUT2D eigenvalue weighted by atomic mass is 19.2. The summed E-state index contributed by atoms with van der Waals surface area (Å²) in [6.45, 7) is 7.59. The molecule has 6 aromatic rings. The van der Waals surface area contributed by atoms with Gasteiger partial charge in [0.15, 0.2) is 52.2 Å². The van der Waals surface area contributed by atoms with E-state index in [0.717, 1.165) is 52.5 Å². The highest BCUT2D eigenvalue weighted by Crippen LogP contribution is 2.43. The van der Waals surface area contributed by atoms with Crippen LogP contribution in [0.15, 0.2) is 54.6 Å². The summed E-state index contributed by atoms with van der Waals surface area (Å²) in [4.78, 5) is 48.6. The molecule has 3 N–H and O–H groups in total. The molecule has 16 heteroatoms. The van der Waals surface area contributed by atoms with Gasteiger partial charge in [0.25, 0.3) is 11.8 Å². The van der Waals surface area contributed by atoms with Crippen molar-refractivity contribution in [3.63, 3.8) is 0 Å². The molecule has 2 heterocycles. The summed E-state index contributed by atoms with van der Waals surface area (Å²) in [5, 5.41) is 28.6. The van der Waals surface area contributed by atoms with Crippen LogP contribution in [0.5, 0.6) is 17.2 Å². The maximum atomic E-state index is 15.2. The van der Waals surface area contributed by atoms with Crippen molar-refractivity contribution >= 4 is 45.6 Å². The number of aliphatic carboxylic acids is 1. The quantitative estimate of drug-likeness (QED) is 0.108. The summed E-state index contributed by atoms with van der Waals surface area (Å²) < 4.78 is 90.3. The summed E-state index contributed by atoms with van der Waals surface area (Å²) in [5.74, 6) is -12.1. The first kappa shape index (κ1) is 40.6. The lowest BCUT2D eigenvalue weighted by molar-refractivity contribution is -0.136. The predicted octanol–water partition coefficient (Wildman–Crippen LogP) is 8.59. The number of hydrogen-bond acceptors (Lipinski definition) is 7. The average molecular weight is 783 g/mol. The number of rotatable bonds is 7. The maximum Gasteiger partial charge on any atom is 0.308 e. The summed E-state index contributed by atoms with van der Waals surface area (Å²) in [5.41, 5.74) is 0.177. The fraction of sp³-hybridized carbons (Fsp3) is 0.200. The van der Waals surface area contributed by atoms with Gasteiger partial charge in [-0.15, -0.1) is 0 Å². The number of phenols is 2. The Labute approximate surface area is 313 Å². The van der Waals surface area contributed by atoms with Gasteiger partial charge in [0.2, 0.25) is 0 Å². The molecule has 0 fully saturated rings. The Morgan fingerprint density at radius 3 is 1.73 bits per heavy atom. The van der Waals surface area contributed by atoms with Crippen molar-refractivity contribution in [1.29, 1.82) is 0 Å². The van der Waals surface area contributed by atoms with Crippen LogP contribution in [0, 0.1) is 48.8 Å². The first-order valence-corrected chi connectivity index (χ1v) is 16.8. The zero-order valence-corrected chi connectivity index (χ0v) is 30.2. The molecule has 0 saturated heterocycles. The van der Waals surface area contributed by atoms with Gasteiger partial charge in [0, 0.05) is 34.7 Å². The minimum atomic E-state index is -1.25. The highest BCUT2D eigenvalue weighted by Gasteiger charge is 2.29. The Morgan fingerprint density at radius 2 is 1.25 bits per heavy atom. The number of nitrogens with zero attached hydrogens (tertiary/aromatic N) is 2. The third-order valence-electron chi connectivity index (χ3n) is 9.25. The van der Waals surface area contributed by atoms with Crippen LogP contribution < -0.4 is 4.74 Å². The Hall–Kier alpha value is -6.58. The fourth-order valence-corrected chi connectivity index (χ4v) is 6.30. The third-order valence-corrected chi connectivity index (χ3v) is 9.25. The number of carboxylic acid groups (broad SMARTS) is 1. The lowest BCUT2D eigenvalue weighted by Crippen LogP contribution is -2.14. The zero-order valence-electron chi connectivity index (χ0n) is 30.2. The summed E-state index contributed by atoms with van der Waals surface area (Å²) in [6.07, 6.45) is 0.00683. The molecule has 4 aromatic carbocycles. The molecule has 0 aliphatic carbocycles. The van der Waals surface area contributed by atoms with E-state index in [9.17, 15) is 51.3 Å². The average Bonchev–Trinajstić information content (AvgIpc) is 3.58. The molecule has 1 unspecified atom stereocenters. The van der Waals surface area contributed by atoms with Gasteiger partial charge in [0.05, 0.1) is 28.5 Å². The monoisotopic (exact) mass is 782 g/mol. The van der Waals surface area contributed by atoms with Crippen LogP contribution in [0.2, 0.25) is 0 Å². The predicted molar refractivity (Wildman–Crippen MR) is 190 cm³/mol. The third kappa shape index (κ3) is 7.29. The van der Waals surface area contributed by atoms with Crippen molar-refractivity contribution in [3.8, 4) is 17.2 Å². The number of carboxylic acids is 1. The molecule has 0 spiro atoms. The molecule has 1 atom stereocenters. The number of esters is 1. The van der Waals surface area contributed by atoms with Gasteiger partial charge in [-0.3, -0.25) is 28.3 Å². The number of phenolic OH excluding ortho intramolecular Hbond substituents is 2. The number of carbonyl (C=O) groups is 4. The molecular formula is C40H32F6N2O8. The van der Waals surface area contributed by atoms with Crippen molar-refractivity contribution in [2.45, 2.75) is 53.4 Å². The summed E-state index contributed by atoms with van der Waals surface area (Å²) in [6, 6.07) is 8.93. The van der Waals surface area contributed by atoms with Crippen LogP contribution in [0.4, 0.5) is 26.3 Å². The van der Waals surface area contributed by atoms with Gasteiger partial charge in [-0.1, -0.05) is 13.8 Å². The van der Waals surface area contributed by atoms with E-state index >= 15 is 4.39 Å². The molecule has 0 aliphatic rings. The van der Waals surface area contributed by atoms with E-state index in [0.29, 0.717) is 12.5 Å². The second-order valence-corrected chi connectivity index (χ2v) is 12.8. The number of aromatic hydroxyl groups is 2. The van der Waals surface area contributed by atoms with E-state index < -0.39 is 76.6 Å². The van der Waals surface area contributed by atoms with Gasteiger partial charge in [-0.05, 0) is 86.3 Å². The molecule has 0 bridgehead atoms. The molecule has 0 aliphatic heterocycles. The van der Waals surface area contributed by atoms with Crippen molar-refractivity contribution in [2.75, 3.05) is 0 Å². The SMILES string of the molecule is CCC(C)c1cc2c(c(F)c1O)c(OC(C)=O)c(C)n2C(=O)c1ccc(F)c(F)c1.Cc1c(CC(=O)O)c2c(F)c(O)ccc2n1C(=O)c1ccc(F)c(F)c1. The first-order valence-electron chi connectivity index (χ1n) is 16.8. The molecule has 0 amide bonds. The van der Waals surface area contributed by atoms with Crippen molar-refractivity contribution in [3.05, 3.63) is 123 Å². The largest absolute Gasteiger partial charge is 0.505 e. The number of fused-ring (bicyclic) bond motifs is 2. The normalized spacial score (nSPS) is 11.7. The van der Waals surface area contributed by atoms with Gasteiger partial charge < -0.3 is 20.1 Å². The van der Waals surface area contributed by atoms with Crippen LogP contribution in [0.1, 0.15) is 76.3 Å². The van der Waals surface area contributed by atoms with Crippen molar-refractivity contribution in [2.24, 2.45) is 0 Å². The van der Waals surface area contributed by atoms with E-state index in [1.807, 2.05) is 6.92 Å². The Bertz CT molecular complexity index is 2610. The molecule has 0 saturated carbocycles. The lowest BCUT2D eigenvalue weighted by atomic mass is 9.96. The van der Waals surface area contributed by atoms with E-state index in [2.05, 4.69) is 0 Å². The zero-order chi connectivity index (χ0) is 41.5. The van der Waals surface area contributed by atoms with Crippen molar-refractivity contribution < 1.29 is 65.6 Å². The molecule has 10 nitrogen and oxygen atoms in total. The highest BCUT2D eigenvalue weighted by molar-refractivity contribution is 6.07. The molecule has 292 valence electrons. The molecule has 56 heavy (non-hydrogen) atoms. The van der Waals surface area contributed by atoms with Crippen LogP contribution in [0.3, 0.4) is 0 Å². The summed E-state index contributed by atoms with van der Waals surface area (Å²) in [7, 11) is 0. The molecular weight excluding hydrogens is 750 g/mol. The van der Waals surface area contributed by atoms with E-state index in [1.54, 1.807) is 6.92 Å². The number of carbonyl (C=O) groups excluding carboxylic acids is 3. The molecule has 0 radical (unpaired) electrons. The van der Waals surface area contributed by atoms with Crippen molar-refractivity contribution in [1.82, 2.24) is 9.13 Å². The number of aromatic nitrogens is 2. The minimum absolute atomic E-state index is 0.0110. The number of ether oxygens (including phenoxy) is 1. The Kier molecular flexibility index (Phi) is 11.3. The van der Waals surface area contributed by atoms with E-state index in [-0.39, 0.29) is 67.1 Å². The maximum absolute atomic E-state index is 15.2.